The van der Waals surface area contributed by atoms with E-state index in [4.69, 9.17) is 17.1 Å². The second-order valence-corrected chi connectivity index (χ2v) is 4.21. The Morgan fingerprint density at radius 1 is 1.65 bits per heavy atom. The third-order valence-corrected chi connectivity index (χ3v) is 2.86. The van der Waals surface area contributed by atoms with Crippen molar-refractivity contribution in [2.45, 2.75) is 18.6 Å². The summed E-state index contributed by atoms with van der Waals surface area (Å²) < 4.78 is 4.53. The molecule has 9 heteroatoms. The predicted molar refractivity (Wildman–Crippen MR) is 70.2 cm³/mol. The molecule has 2 unspecified atom stereocenters. The minimum absolute atomic E-state index is 0.00652. The summed E-state index contributed by atoms with van der Waals surface area (Å²) in [6, 6.07) is 1.29. The molecular weight excluding hydrogens is 288 g/mol. The Morgan fingerprint density at radius 3 is 2.95 bits per heavy atom. The number of methoxy groups -OCH3 is 1. The van der Waals surface area contributed by atoms with Crippen molar-refractivity contribution in [3.8, 4) is 0 Å². The number of aliphatic hydroxyl groups is 2. The number of rotatable bonds is 6. The number of pyridine rings is 1. The molecule has 1 aromatic heterocycles. The van der Waals surface area contributed by atoms with Crippen molar-refractivity contribution in [2.24, 2.45) is 5.11 Å². The Morgan fingerprint density at radius 2 is 2.35 bits per heavy atom. The number of nitrogens with zero attached hydrogens (tertiary/aromatic N) is 4. The fourth-order valence-electron chi connectivity index (χ4n) is 1.49. The Balaban J connectivity index is 2.90. The van der Waals surface area contributed by atoms with Gasteiger partial charge in [0.15, 0.2) is 0 Å². The van der Waals surface area contributed by atoms with Gasteiger partial charge < -0.3 is 14.9 Å². The molecule has 0 aliphatic heterocycles. The van der Waals surface area contributed by atoms with Crippen molar-refractivity contribution < 1.29 is 19.7 Å². The first-order valence-corrected chi connectivity index (χ1v) is 5.99. The van der Waals surface area contributed by atoms with Crippen molar-refractivity contribution in [2.75, 3.05) is 13.7 Å². The topological polar surface area (TPSA) is 128 Å². The lowest BCUT2D eigenvalue weighted by atomic mass is 10.0. The highest BCUT2D eigenvalue weighted by molar-refractivity contribution is 6.32. The van der Waals surface area contributed by atoms with Gasteiger partial charge in [0.05, 0.1) is 18.8 Å². The van der Waals surface area contributed by atoms with E-state index in [1.807, 2.05) is 0 Å². The Bertz CT molecular complexity index is 533. The maximum Gasteiger partial charge on any atom is 0.341 e. The van der Waals surface area contributed by atoms with Gasteiger partial charge in [-0.2, -0.15) is 0 Å². The largest absolute Gasteiger partial charge is 0.465 e. The van der Waals surface area contributed by atoms with E-state index in [9.17, 15) is 15.0 Å². The molecular formula is C11H13ClN4O4. The first-order chi connectivity index (χ1) is 9.51. The van der Waals surface area contributed by atoms with Crippen molar-refractivity contribution in [1.82, 2.24) is 4.98 Å². The smallest absolute Gasteiger partial charge is 0.341 e. The summed E-state index contributed by atoms with van der Waals surface area (Å²) in [4.78, 5) is 17.7. The Hall–Kier alpha value is -1.86. The second-order valence-electron chi connectivity index (χ2n) is 3.85. The van der Waals surface area contributed by atoms with Gasteiger partial charge in [0.2, 0.25) is 0 Å². The summed E-state index contributed by atoms with van der Waals surface area (Å²) in [5.41, 5.74) is 8.33. The fraction of sp³-hybridized carbons (Fsp3) is 0.455. The van der Waals surface area contributed by atoms with Crippen molar-refractivity contribution >= 4 is 17.6 Å². The SMILES string of the molecule is COC(=O)c1cc(C(O)C(O)CCN=[N+]=[N-])cnc1Cl. The molecule has 0 bridgehead atoms. The minimum atomic E-state index is -1.28. The fourth-order valence-corrected chi connectivity index (χ4v) is 1.67. The zero-order chi connectivity index (χ0) is 15.1. The normalized spacial score (nSPS) is 13.2. The molecule has 2 N–H and O–H groups in total. The highest BCUT2D eigenvalue weighted by Crippen LogP contribution is 2.23. The average Bonchev–Trinajstić information content (AvgIpc) is 2.46. The number of aromatic nitrogens is 1. The summed E-state index contributed by atoms with van der Waals surface area (Å²) in [6.45, 7) is 0.0413. The van der Waals surface area contributed by atoms with Crippen LogP contribution < -0.4 is 0 Å². The number of hydrogen-bond donors (Lipinski definition) is 2. The van der Waals surface area contributed by atoms with Crippen LogP contribution in [0.3, 0.4) is 0 Å². The molecule has 1 rings (SSSR count). The van der Waals surface area contributed by atoms with Crippen LogP contribution in [-0.2, 0) is 4.74 Å². The molecule has 108 valence electrons. The number of carbonyl (C=O) groups excluding carboxylic acids is 1. The zero-order valence-electron chi connectivity index (χ0n) is 10.6. The lowest BCUT2D eigenvalue weighted by Gasteiger charge is -2.17. The molecule has 0 radical (unpaired) electrons. The van der Waals surface area contributed by atoms with Gasteiger partial charge in [-0.1, -0.05) is 16.7 Å². The first-order valence-electron chi connectivity index (χ1n) is 5.62. The molecule has 0 saturated carbocycles. The zero-order valence-corrected chi connectivity index (χ0v) is 11.4. The standard InChI is InChI=1S/C11H13ClN4O4/c1-20-11(19)7-4-6(5-14-10(7)12)9(18)8(17)2-3-15-16-13/h4-5,8-9,17-18H,2-3H2,1H3. The van der Waals surface area contributed by atoms with E-state index in [1.165, 1.54) is 19.4 Å². The van der Waals surface area contributed by atoms with Crippen molar-refractivity contribution in [3.63, 3.8) is 0 Å². The van der Waals surface area contributed by atoms with Crippen LogP contribution in [-0.4, -0.2) is 40.9 Å². The van der Waals surface area contributed by atoms with Gasteiger partial charge in [0.25, 0.3) is 0 Å². The number of hydrogen-bond acceptors (Lipinski definition) is 6. The van der Waals surface area contributed by atoms with Crippen LogP contribution in [0, 0.1) is 0 Å². The Labute approximate surface area is 119 Å². The van der Waals surface area contributed by atoms with Crippen molar-refractivity contribution in [3.05, 3.63) is 39.0 Å². The van der Waals surface area contributed by atoms with E-state index in [0.29, 0.717) is 0 Å². The lowest BCUT2D eigenvalue weighted by molar-refractivity contribution is 0.0147. The second kappa shape index (κ2) is 7.66. The molecule has 0 aromatic carbocycles. The molecule has 1 heterocycles. The van der Waals surface area contributed by atoms with E-state index in [2.05, 4.69) is 19.7 Å². The molecule has 0 spiro atoms. The van der Waals surface area contributed by atoms with E-state index in [-0.39, 0.29) is 29.2 Å². The summed E-state index contributed by atoms with van der Waals surface area (Å²) >= 11 is 5.75. The van der Waals surface area contributed by atoms with Crippen LogP contribution in [0.2, 0.25) is 5.15 Å². The van der Waals surface area contributed by atoms with Crippen LogP contribution in [0.4, 0.5) is 0 Å². The van der Waals surface area contributed by atoms with E-state index >= 15 is 0 Å². The lowest BCUT2D eigenvalue weighted by Crippen LogP contribution is -2.20. The molecule has 0 fully saturated rings. The molecule has 8 nitrogen and oxygen atoms in total. The van der Waals surface area contributed by atoms with E-state index < -0.39 is 18.2 Å². The number of carbonyl (C=O) groups is 1. The van der Waals surface area contributed by atoms with Crippen LogP contribution >= 0.6 is 11.6 Å². The Kier molecular flexibility index (Phi) is 6.20. The van der Waals surface area contributed by atoms with Gasteiger partial charge in [-0.3, -0.25) is 0 Å². The number of halogens is 1. The average molecular weight is 301 g/mol. The number of esters is 1. The third-order valence-electron chi connectivity index (χ3n) is 2.56. The number of aliphatic hydroxyl groups excluding tert-OH is 2. The van der Waals surface area contributed by atoms with Gasteiger partial charge in [-0.25, -0.2) is 9.78 Å². The summed E-state index contributed by atoms with van der Waals surface area (Å²) in [5, 5.41) is 22.9. The summed E-state index contributed by atoms with van der Waals surface area (Å²) in [5.74, 6) is -0.694. The van der Waals surface area contributed by atoms with Gasteiger partial charge >= 0.3 is 5.97 Å². The molecule has 0 amide bonds. The molecule has 0 aliphatic carbocycles. The van der Waals surface area contributed by atoms with Crippen LogP contribution in [0.25, 0.3) is 10.4 Å². The molecule has 20 heavy (non-hydrogen) atoms. The molecule has 0 aliphatic rings. The maximum atomic E-state index is 11.4. The number of azide groups is 1. The molecule has 2 atom stereocenters. The number of ether oxygens (including phenoxy) is 1. The highest BCUT2D eigenvalue weighted by atomic mass is 35.5. The van der Waals surface area contributed by atoms with Gasteiger partial charge in [0, 0.05) is 23.2 Å². The van der Waals surface area contributed by atoms with Gasteiger partial charge in [-0.15, -0.1) is 0 Å². The van der Waals surface area contributed by atoms with Crippen LogP contribution in [0.15, 0.2) is 17.4 Å². The summed E-state index contributed by atoms with van der Waals surface area (Å²) in [7, 11) is 1.19. The first kappa shape index (κ1) is 16.2. The molecule has 0 saturated heterocycles. The van der Waals surface area contributed by atoms with E-state index in [1.54, 1.807) is 0 Å². The summed E-state index contributed by atoms with van der Waals surface area (Å²) in [6.07, 6.45) is -1.12. The van der Waals surface area contributed by atoms with E-state index in [0.717, 1.165) is 0 Å². The monoisotopic (exact) mass is 300 g/mol. The predicted octanol–water partition coefficient (Wildman–Crippen LogP) is 1.62. The third kappa shape index (κ3) is 4.07. The quantitative estimate of drug-likeness (QED) is 0.271. The van der Waals surface area contributed by atoms with Gasteiger partial charge in [0.1, 0.15) is 11.3 Å². The highest BCUT2D eigenvalue weighted by Gasteiger charge is 2.21. The van der Waals surface area contributed by atoms with Crippen molar-refractivity contribution in [1.29, 1.82) is 0 Å². The maximum absolute atomic E-state index is 11.4. The molecule has 1 aromatic rings. The van der Waals surface area contributed by atoms with Crippen LogP contribution in [0.1, 0.15) is 28.4 Å². The van der Waals surface area contributed by atoms with Gasteiger partial charge in [-0.05, 0) is 18.0 Å². The minimum Gasteiger partial charge on any atom is -0.465 e. The van der Waals surface area contributed by atoms with Crippen LogP contribution in [0.5, 0.6) is 0 Å².